The van der Waals surface area contributed by atoms with Crippen molar-refractivity contribution in [3.63, 3.8) is 0 Å². The summed E-state index contributed by atoms with van der Waals surface area (Å²) < 4.78 is 11.0. The van der Waals surface area contributed by atoms with Crippen LogP contribution < -0.4 is 14.8 Å². The van der Waals surface area contributed by atoms with Crippen molar-refractivity contribution in [3.8, 4) is 23.3 Å². The molecule has 0 aromatic heterocycles. The van der Waals surface area contributed by atoms with Gasteiger partial charge in [-0.05, 0) is 41.8 Å². The van der Waals surface area contributed by atoms with Crippen LogP contribution in [-0.4, -0.2) is 31.3 Å². The lowest BCUT2D eigenvalue weighted by Crippen LogP contribution is -2.31. The van der Waals surface area contributed by atoms with Gasteiger partial charge in [0.15, 0.2) is 17.6 Å². The number of rotatable bonds is 8. The maximum Gasteiger partial charge on any atom is 0.253 e. The Kier molecular flexibility index (Phi) is 9.14. The normalized spacial score (nSPS) is 11.2. The monoisotopic (exact) mass is 435 g/mol. The minimum atomic E-state index is -1.32. The van der Waals surface area contributed by atoms with E-state index in [0.717, 1.165) is 12.0 Å². The molecule has 1 unspecified atom stereocenters. The fourth-order valence-corrected chi connectivity index (χ4v) is 2.84. The Bertz CT molecular complexity index is 905. The van der Waals surface area contributed by atoms with E-state index >= 15 is 0 Å². The lowest BCUT2D eigenvalue weighted by Gasteiger charge is -2.13. The first kappa shape index (κ1) is 22.9. The number of hydrogen-bond acceptors (Lipinski definition) is 4. The maximum absolute atomic E-state index is 12.2. The first-order valence-electron chi connectivity index (χ1n) is 9.12. The molecule has 0 spiro atoms. The van der Waals surface area contributed by atoms with Crippen molar-refractivity contribution >= 4 is 29.1 Å². The summed E-state index contributed by atoms with van der Waals surface area (Å²) in [5, 5.41) is 13.5. The van der Waals surface area contributed by atoms with Gasteiger partial charge in [-0.15, -0.1) is 5.92 Å². The highest BCUT2D eigenvalue weighted by Gasteiger charge is 2.18. The Morgan fingerprint density at radius 2 is 1.93 bits per heavy atom. The molecule has 1 atom stereocenters. The Morgan fingerprint density at radius 3 is 2.62 bits per heavy atom. The number of aliphatic hydroxyl groups excluding tert-OH is 1. The zero-order valence-electron chi connectivity index (χ0n) is 16.3. The second kappa shape index (κ2) is 11.6. The number of amides is 1. The number of ether oxygens (including phenoxy) is 2. The summed E-state index contributed by atoms with van der Waals surface area (Å²) in [6.45, 7) is 2.62. The van der Waals surface area contributed by atoms with Crippen molar-refractivity contribution in [1.29, 1.82) is 0 Å². The van der Waals surface area contributed by atoms with Crippen molar-refractivity contribution in [3.05, 3.63) is 57.6 Å². The van der Waals surface area contributed by atoms with Crippen LogP contribution in [0.4, 0.5) is 0 Å². The van der Waals surface area contributed by atoms with Gasteiger partial charge < -0.3 is 19.9 Å². The lowest BCUT2D eigenvalue weighted by molar-refractivity contribution is -0.129. The summed E-state index contributed by atoms with van der Waals surface area (Å²) in [5.41, 5.74) is 1.34. The summed E-state index contributed by atoms with van der Waals surface area (Å²) in [6.07, 6.45) is 0.0242. The van der Waals surface area contributed by atoms with E-state index in [1.54, 1.807) is 19.2 Å². The highest BCUT2D eigenvalue weighted by atomic mass is 35.5. The summed E-state index contributed by atoms with van der Waals surface area (Å²) in [5.74, 6) is 6.56. The molecule has 0 saturated carbocycles. The van der Waals surface area contributed by atoms with Crippen molar-refractivity contribution < 1.29 is 19.4 Å². The SMILES string of the molecule is CCC#CCOc1ccc(CCNC(=O)C(O)c2ccc(Cl)c(Cl)c2)cc1OC. The van der Waals surface area contributed by atoms with Crippen LogP contribution in [0.1, 0.15) is 30.6 Å². The van der Waals surface area contributed by atoms with Crippen LogP contribution in [0.2, 0.25) is 10.0 Å². The van der Waals surface area contributed by atoms with E-state index < -0.39 is 12.0 Å². The molecule has 5 nitrogen and oxygen atoms in total. The number of benzene rings is 2. The molecule has 7 heteroatoms. The van der Waals surface area contributed by atoms with Gasteiger partial charge in [-0.25, -0.2) is 0 Å². The van der Waals surface area contributed by atoms with Crippen molar-refractivity contribution in [2.75, 3.05) is 20.3 Å². The quantitative estimate of drug-likeness (QED) is 0.610. The second-order valence-corrected chi connectivity index (χ2v) is 6.91. The van der Waals surface area contributed by atoms with Crippen LogP contribution in [0.15, 0.2) is 36.4 Å². The fraction of sp³-hybridized carbons (Fsp3) is 0.318. The molecule has 0 aliphatic rings. The van der Waals surface area contributed by atoms with Gasteiger partial charge in [0.05, 0.1) is 17.2 Å². The molecule has 154 valence electrons. The number of methoxy groups -OCH3 is 1. The molecule has 1 amide bonds. The van der Waals surface area contributed by atoms with E-state index in [-0.39, 0.29) is 5.02 Å². The minimum absolute atomic E-state index is 0.283. The van der Waals surface area contributed by atoms with Gasteiger partial charge in [0, 0.05) is 13.0 Å². The largest absolute Gasteiger partial charge is 0.493 e. The molecular weight excluding hydrogens is 413 g/mol. The van der Waals surface area contributed by atoms with Gasteiger partial charge in [0.2, 0.25) is 0 Å². The Balaban J connectivity index is 1.90. The zero-order chi connectivity index (χ0) is 21.2. The third-order valence-electron chi connectivity index (χ3n) is 4.05. The maximum atomic E-state index is 12.2. The number of hydrogen-bond donors (Lipinski definition) is 2. The number of carbonyl (C=O) groups is 1. The summed E-state index contributed by atoms with van der Waals surface area (Å²) in [4.78, 5) is 12.2. The number of aliphatic hydroxyl groups is 1. The topological polar surface area (TPSA) is 67.8 Å². The van der Waals surface area contributed by atoms with Gasteiger partial charge in [-0.2, -0.15) is 0 Å². The smallest absolute Gasteiger partial charge is 0.253 e. The van der Waals surface area contributed by atoms with Crippen LogP contribution in [-0.2, 0) is 11.2 Å². The van der Waals surface area contributed by atoms with E-state index in [2.05, 4.69) is 17.2 Å². The fourth-order valence-electron chi connectivity index (χ4n) is 2.54. The van der Waals surface area contributed by atoms with Crippen molar-refractivity contribution in [1.82, 2.24) is 5.32 Å². The number of carbonyl (C=O) groups excluding carboxylic acids is 1. The Hall–Kier alpha value is -2.39. The predicted octanol–water partition coefficient (Wildman–Crippen LogP) is 4.19. The molecular formula is C22H23Cl2NO4. The first-order valence-corrected chi connectivity index (χ1v) is 9.88. The van der Waals surface area contributed by atoms with Crippen LogP contribution >= 0.6 is 23.2 Å². The standard InChI is InChI=1S/C22H23Cl2NO4/c1-3-4-5-12-29-19-9-6-15(13-20(19)28-2)10-11-25-22(27)21(26)16-7-8-17(23)18(24)14-16/h6-9,13-14,21,26H,3,10-12H2,1-2H3,(H,25,27). The molecule has 0 heterocycles. The molecule has 0 bridgehead atoms. The molecule has 0 fully saturated rings. The van der Waals surface area contributed by atoms with Crippen molar-refractivity contribution in [2.24, 2.45) is 0 Å². The van der Waals surface area contributed by atoms with Crippen LogP contribution in [0.5, 0.6) is 11.5 Å². The average molecular weight is 436 g/mol. The van der Waals surface area contributed by atoms with E-state index in [9.17, 15) is 9.90 Å². The molecule has 2 aromatic carbocycles. The molecule has 2 rings (SSSR count). The molecule has 0 aliphatic heterocycles. The molecule has 0 saturated heterocycles. The lowest BCUT2D eigenvalue weighted by atomic mass is 10.1. The van der Waals surface area contributed by atoms with E-state index in [1.807, 2.05) is 25.1 Å². The highest BCUT2D eigenvalue weighted by molar-refractivity contribution is 6.42. The highest BCUT2D eigenvalue weighted by Crippen LogP contribution is 2.28. The van der Waals surface area contributed by atoms with Gasteiger partial charge in [0.25, 0.3) is 5.91 Å². The third-order valence-corrected chi connectivity index (χ3v) is 4.79. The van der Waals surface area contributed by atoms with Gasteiger partial charge in [0.1, 0.15) is 6.61 Å². The second-order valence-electron chi connectivity index (χ2n) is 6.10. The molecule has 0 aliphatic carbocycles. The predicted molar refractivity (Wildman–Crippen MR) is 115 cm³/mol. The van der Waals surface area contributed by atoms with Crippen LogP contribution in [0.3, 0.4) is 0 Å². The number of halogens is 2. The third kappa shape index (κ3) is 6.86. The summed E-state index contributed by atoms with van der Waals surface area (Å²) in [7, 11) is 1.57. The van der Waals surface area contributed by atoms with Crippen LogP contribution in [0.25, 0.3) is 0 Å². The summed E-state index contributed by atoms with van der Waals surface area (Å²) >= 11 is 11.8. The van der Waals surface area contributed by atoms with Crippen LogP contribution in [0, 0.1) is 11.8 Å². The van der Waals surface area contributed by atoms with E-state index in [0.29, 0.717) is 41.7 Å². The summed E-state index contributed by atoms with van der Waals surface area (Å²) in [6, 6.07) is 10.1. The minimum Gasteiger partial charge on any atom is -0.493 e. The molecule has 2 aromatic rings. The van der Waals surface area contributed by atoms with Gasteiger partial charge in [-0.1, -0.05) is 48.2 Å². The van der Waals surface area contributed by atoms with Gasteiger partial charge >= 0.3 is 0 Å². The average Bonchev–Trinajstić information content (AvgIpc) is 2.73. The van der Waals surface area contributed by atoms with Crippen molar-refractivity contribution in [2.45, 2.75) is 25.9 Å². The van der Waals surface area contributed by atoms with Gasteiger partial charge in [-0.3, -0.25) is 4.79 Å². The van der Waals surface area contributed by atoms with E-state index in [1.165, 1.54) is 6.07 Å². The molecule has 2 N–H and O–H groups in total. The van der Waals surface area contributed by atoms with E-state index in [4.69, 9.17) is 32.7 Å². The molecule has 29 heavy (non-hydrogen) atoms. The zero-order valence-corrected chi connectivity index (χ0v) is 17.8. The number of nitrogens with one attached hydrogen (secondary N) is 1. The Morgan fingerprint density at radius 1 is 1.14 bits per heavy atom. The Labute approximate surface area is 180 Å². The molecule has 0 radical (unpaired) electrons. The first-order chi connectivity index (χ1) is 14.0.